The molecule has 2 amide bonds. The molecule has 0 saturated carbocycles. The molecule has 232 valence electrons. The Kier molecular flexibility index (Phi) is 8.17. The van der Waals surface area contributed by atoms with Crippen LogP contribution in [0.3, 0.4) is 0 Å². The van der Waals surface area contributed by atoms with E-state index in [4.69, 9.17) is 11.6 Å². The summed E-state index contributed by atoms with van der Waals surface area (Å²) in [6.45, 7) is 1.97. The van der Waals surface area contributed by atoms with Crippen molar-refractivity contribution in [3.05, 3.63) is 105 Å². The lowest BCUT2D eigenvalue weighted by atomic mass is 9.71. The Hall–Kier alpha value is -3.50. The predicted octanol–water partition coefficient (Wildman–Crippen LogP) is 6.88. The van der Waals surface area contributed by atoms with Crippen molar-refractivity contribution in [2.45, 2.75) is 56.8 Å². The number of hydrogen-bond acceptors (Lipinski definition) is 3. The molecule has 2 atom stereocenters. The van der Waals surface area contributed by atoms with Gasteiger partial charge in [-0.05, 0) is 111 Å². The summed E-state index contributed by atoms with van der Waals surface area (Å²) < 4.78 is 69.4. The summed E-state index contributed by atoms with van der Waals surface area (Å²) in [7, 11) is 0. The maximum Gasteiger partial charge on any atom is 0.416 e. The highest BCUT2D eigenvalue weighted by atomic mass is 35.5. The van der Waals surface area contributed by atoms with Crippen molar-refractivity contribution < 1.29 is 31.5 Å². The van der Waals surface area contributed by atoms with Crippen molar-refractivity contribution in [1.29, 1.82) is 0 Å². The fraction of sp³-hybridized carbons (Fsp3) is 0.394. The second-order valence-corrected chi connectivity index (χ2v) is 12.4. The molecule has 3 aliphatic rings. The van der Waals surface area contributed by atoms with Crippen LogP contribution in [0.5, 0.6) is 0 Å². The lowest BCUT2D eigenvalue weighted by Crippen LogP contribution is -2.48. The smallest absolute Gasteiger partial charge is 0.345 e. The molecular formula is C33H31ClF5N3O2. The van der Waals surface area contributed by atoms with Crippen molar-refractivity contribution in [3.63, 3.8) is 0 Å². The molecule has 2 heterocycles. The van der Waals surface area contributed by atoms with Gasteiger partial charge in [-0.1, -0.05) is 23.7 Å². The van der Waals surface area contributed by atoms with Crippen LogP contribution in [0.25, 0.3) is 0 Å². The zero-order valence-corrected chi connectivity index (χ0v) is 24.5. The normalized spacial score (nSPS) is 21.0. The number of benzene rings is 3. The van der Waals surface area contributed by atoms with Gasteiger partial charge in [0.15, 0.2) is 0 Å². The van der Waals surface area contributed by atoms with Crippen molar-refractivity contribution in [3.8, 4) is 0 Å². The molecule has 6 rings (SSSR count). The quantitative estimate of drug-likeness (QED) is 0.302. The number of piperidine rings is 1. The van der Waals surface area contributed by atoms with Crippen LogP contribution in [-0.2, 0) is 19.0 Å². The lowest BCUT2D eigenvalue weighted by molar-refractivity contribution is -0.137. The summed E-state index contributed by atoms with van der Waals surface area (Å²) in [6.07, 6.45) is -1.16. The number of rotatable bonds is 5. The second kappa shape index (κ2) is 11.8. The first-order chi connectivity index (χ1) is 21.0. The van der Waals surface area contributed by atoms with Crippen LogP contribution in [0.15, 0.2) is 54.6 Å². The van der Waals surface area contributed by atoms with Gasteiger partial charge in [-0.15, -0.1) is 0 Å². The average Bonchev–Trinajstić information content (AvgIpc) is 3.55. The van der Waals surface area contributed by atoms with Crippen LogP contribution in [0.1, 0.15) is 74.7 Å². The Labute approximate surface area is 256 Å². The Morgan fingerprint density at radius 2 is 1.73 bits per heavy atom. The number of nitrogens with one attached hydrogen (secondary N) is 2. The topological polar surface area (TPSA) is 61.4 Å². The maximum atomic E-state index is 14.8. The third-order valence-corrected chi connectivity index (χ3v) is 9.90. The molecule has 0 aromatic heterocycles. The van der Waals surface area contributed by atoms with Crippen LogP contribution < -0.4 is 10.6 Å². The fourth-order valence-corrected chi connectivity index (χ4v) is 7.36. The van der Waals surface area contributed by atoms with Crippen LogP contribution in [0.2, 0.25) is 5.02 Å². The average molecular weight is 632 g/mol. The SMILES string of the molecule is O=C(NC1CCc2ccc(C(=O)N3CCC4(CCNCC4)C3Cc3c(F)cccc3F)cc21)c1cc(C(F)(F)F)ccc1Cl. The van der Waals surface area contributed by atoms with E-state index in [1.165, 1.54) is 18.2 Å². The number of aryl methyl sites for hydroxylation is 1. The molecule has 11 heteroatoms. The minimum absolute atomic E-state index is 0.0277. The molecule has 0 radical (unpaired) electrons. The van der Waals surface area contributed by atoms with Crippen molar-refractivity contribution in [2.75, 3.05) is 19.6 Å². The van der Waals surface area contributed by atoms with Gasteiger partial charge < -0.3 is 15.5 Å². The van der Waals surface area contributed by atoms with E-state index < -0.39 is 41.4 Å². The van der Waals surface area contributed by atoms with Crippen molar-refractivity contribution in [1.82, 2.24) is 15.5 Å². The van der Waals surface area contributed by atoms with Gasteiger partial charge in [-0.25, -0.2) is 8.78 Å². The highest BCUT2D eigenvalue weighted by Crippen LogP contribution is 2.46. The van der Waals surface area contributed by atoms with Gasteiger partial charge in [-0.3, -0.25) is 9.59 Å². The number of nitrogens with zero attached hydrogens (tertiary/aromatic N) is 1. The first-order valence-corrected chi connectivity index (χ1v) is 15.1. The monoisotopic (exact) mass is 631 g/mol. The molecule has 5 nitrogen and oxygen atoms in total. The van der Waals surface area contributed by atoms with E-state index in [9.17, 15) is 31.5 Å². The molecule has 1 spiro atoms. The zero-order chi connectivity index (χ0) is 31.2. The number of carbonyl (C=O) groups excluding carboxylic acids is 2. The summed E-state index contributed by atoms with van der Waals surface area (Å²) >= 11 is 6.09. The van der Waals surface area contributed by atoms with E-state index in [-0.39, 0.29) is 33.9 Å². The molecule has 2 aliphatic heterocycles. The molecule has 1 aliphatic carbocycles. The summed E-state index contributed by atoms with van der Waals surface area (Å²) in [5.41, 5.74) is 0.450. The molecular weight excluding hydrogens is 601 g/mol. The van der Waals surface area contributed by atoms with E-state index in [1.54, 1.807) is 17.0 Å². The third kappa shape index (κ3) is 5.70. The molecule has 44 heavy (non-hydrogen) atoms. The van der Waals surface area contributed by atoms with Crippen LogP contribution >= 0.6 is 11.6 Å². The highest BCUT2D eigenvalue weighted by molar-refractivity contribution is 6.33. The Bertz CT molecular complexity index is 1580. The standard InChI is InChI=1S/C33H31ClF5N3O2/c34-25-8-7-21(33(37,38)39)17-23(25)30(43)41-28-9-6-19-4-5-20(16-22(19)28)31(44)42-15-12-32(10-13-40-14-11-32)29(42)18-24-26(35)2-1-3-27(24)36/h1-5,7-8,16-17,28-29,40H,6,9-15,18H2,(H,41,43). The van der Waals surface area contributed by atoms with Gasteiger partial charge in [0.1, 0.15) is 11.6 Å². The first-order valence-electron chi connectivity index (χ1n) is 14.7. The number of fused-ring (bicyclic) bond motifs is 1. The summed E-state index contributed by atoms with van der Waals surface area (Å²) in [5, 5.41) is 6.04. The Morgan fingerprint density at radius 1 is 1.00 bits per heavy atom. The lowest BCUT2D eigenvalue weighted by Gasteiger charge is -2.41. The second-order valence-electron chi connectivity index (χ2n) is 12.0. The predicted molar refractivity (Wildman–Crippen MR) is 155 cm³/mol. The number of halogens is 6. The molecule has 2 fully saturated rings. The molecule has 3 aromatic carbocycles. The van der Waals surface area contributed by atoms with Gasteiger partial charge in [0.2, 0.25) is 0 Å². The van der Waals surface area contributed by atoms with E-state index in [0.29, 0.717) is 30.5 Å². The van der Waals surface area contributed by atoms with Gasteiger partial charge in [0.05, 0.1) is 22.2 Å². The molecule has 2 N–H and O–H groups in total. The highest BCUT2D eigenvalue weighted by Gasteiger charge is 2.49. The van der Waals surface area contributed by atoms with Crippen molar-refractivity contribution in [2.24, 2.45) is 5.41 Å². The van der Waals surface area contributed by atoms with Gasteiger partial charge in [0, 0.05) is 23.7 Å². The fourth-order valence-electron chi connectivity index (χ4n) is 7.16. The van der Waals surface area contributed by atoms with E-state index in [1.807, 2.05) is 6.07 Å². The Morgan fingerprint density at radius 3 is 2.43 bits per heavy atom. The third-order valence-electron chi connectivity index (χ3n) is 9.57. The minimum atomic E-state index is -4.63. The molecule has 3 aromatic rings. The first kappa shape index (κ1) is 30.5. The molecule has 0 bridgehead atoms. The van der Waals surface area contributed by atoms with Crippen LogP contribution in [-0.4, -0.2) is 42.4 Å². The van der Waals surface area contributed by atoms with Crippen LogP contribution in [0.4, 0.5) is 22.0 Å². The van der Waals surface area contributed by atoms with Gasteiger partial charge in [-0.2, -0.15) is 13.2 Å². The van der Waals surface area contributed by atoms with E-state index >= 15 is 0 Å². The van der Waals surface area contributed by atoms with Crippen LogP contribution in [0, 0.1) is 17.0 Å². The van der Waals surface area contributed by atoms with Crippen molar-refractivity contribution >= 4 is 23.4 Å². The summed E-state index contributed by atoms with van der Waals surface area (Å²) in [5.74, 6) is -2.27. The van der Waals surface area contributed by atoms with Gasteiger partial charge in [0.25, 0.3) is 11.8 Å². The number of amides is 2. The maximum absolute atomic E-state index is 14.8. The number of likely N-dealkylation sites (tertiary alicyclic amines) is 1. The zero-order valence-electron chi connectivity index (χ0n) is 23.7. The number of hydrogen-bond donors (Lipinski definition) is 2. The number of alkyl halides is 3. The van der Waals surface area contributed by atoms with E-state index in [0.717, 1.165) is 56.1 Å². The molecule has 2 saturated heterocycles. The summed E-state index contributed by atoms with van der Waals surface area (Å²) in [6, 6.07) is 10.7. The molecule has 2 unspecified atom stereocenters. The number of carbonyl (C=O) groups is 2. The van der Waals surface area contributed by atoms with Gasteiger partial charge >= 0.3 is 6.18 Å². The summed E-state index contributed by atoms with van der Waals surface area (Å²) in [4.78, 5) is 28.9. The minimum Gasteiger partial charge on any atom is -0.345 e. The van der Waals surface area contributed by atoms with E-state index in [2.05, 4.69) is 10.6 Å². The Balaban J connectivity index is 1.26. The largest absolute Gasteiger partial charge is 0.416 e.